The number of pyridine rings is 1. The number of hydrogen-bond acceptors (Lipinski definition) is 2. The summed E-state index contributed by atoms with van der Waals surface area (Å²) in [6.45, 7) is 0. The molecule has 2 nitrogen and oxygen atoms in total. The van der Waals surface area contributed by atoms with Gasteiger partial charge in [0.25, 0.3) is 6.43 Å². The molecular formula is C7H3ClF3NO. The van der Waals surface area contributed by atoms with Gasteiger partial charge >= 0.3 is 0 Å². The molecule has 1 heterocycles. The second-order valence-corrected chi connectivity index (χ2v) is 2.55. The van der Waals surface area contributed by atoms with E-state index >= 15 is 0 Å². The molecule has 70 valence electrons. The van der Waals surface area contributed by atoms with E-state index in [1.165, 1.54) is 0 Å². The quantitative estimate of drug-likeness (QED) is 0.701. The molecule has 0 N–H and O–H groups in total. The summed E-state index contributed by atoms with van der Waals surface area (Å²) >= 11 is 5.23. The van der Waals surface area contributed by atoms with Crippen molar-refractivity contribution < 1.29 is 18.0 Å². The zero-order valence-corrected chi connectivity index (χ0v) is 6.86. The van der Waals surface area contributed by atoms with Gasteiger partial charge in [-0.15, -0.1) is 0 Å². The third kappa shape index (κ3) is 1.98. The van der Waals surface area contributed by atoms with Crippen LogP contribution in [0.25, 0.3) is 0 Å². The average molecular weight is 210 g/mol. The minimum atomic E-state index is -2.88. The van der Waals surface area contributed by atoms with Crippen LogP contribution in [0, 0.1) is 5.82 Å². The molecule has 0 aliphatic rings. The smallest absolute Gasteiger partial charge is 0.280 e. The number of hydrogen-bond donors (Lipinski definition) is 0. The van der Waals surface area contributed by atoms with E-state index < -0.39 is 28.7 Å². The van der Waals surface area contributed by atoms with E-state index in [1.807, 2.05) is 0 Å². The van der Waals surface area contributed by atoms with Crippen LogP contribution in [0.4, 0.5) is 13.2 Å². The first-order valence-electron chi connectivity index (χ1n) is 3.15. The Bertz CT molecular complexity index is 343. The Morgan fingerprint density at radius 2 is 2.15 bits per heavy atom. The van der Waals surface area contributed by atoms with Gasteiger partial charge in [-0.25, -0.2) is 18.2 Å². The molecule has 0 aromatic carbocycles. The van der Waals surface area contributed by atoms with Crippen molar-refractivity contribution in [1.29, 1.82) is 0 Å². The molecule has 0 saturated heterocycles. The minimum absolute atomic E-state index is 0.0348. The number of nitrogens with zero attached hydrogens (tertiary/aromatic N) is 1. The Balaban J connectivity index is 3.30. The van der Waals surface area contributed by atoms with Crippen molar-refractivity contribution in [3.63, 3.8) is 0 Å². The first-order valence-corrected chi connectivity index (χ1v) is 3.53. The third-order valence-electron chi connectivity index (χ3n) is 1.29. The van der Waals surface area contributed by atoms with Crippen molar-refractivity contribution in [2.75, 3.05) is 0 Å². The van der Waals surface area contributed by atoms with Crippen LogP contribution in [0.1, 0.15) is 22.6 Å². The summed E-state index contributed by atoms with van der Waals surface area (Å²) < 4.78 is 36.8. The second kappa shape index (κ2) is 3.74. The van der Waals surface area contributed by atoms with E-state index in [2.05, 4.69) is 4.98 Å². The summed E-state index contributed by atoms with van der Waals surface area (Å²) in [6, 6.07) is 0.689. The highest BCUT2D eigenvalue weighted by molar-refractivity contribution is 6.31. The van der Waals surface area contributed by atoms with E-state index in [0.29, 0.717) is 6.07 Å². The van der Waals surface area contributed by atoms with Crippen LogP contribution in [0.2, 0.25) is 5.02 Å². The lowest BCUT2D eigenvalue weighted by molar-refractivity contribution is 0.111. The van der Waals surface area contributed by atoms with Crippen LogP contribution in [0.3, 0.4) is 0 Å². The van der Waals surface area contributed by atoms with Crippen LogP contribution in [0.5, 0.6) is 0 Å². The number of halogens is 4. The number of carbonyl (C=O) groups excluding carboxylic acids is 1. The number of aromatic nitrogens is 1. The van der Waals surface area contributed by atoms with Gasteiger partial charge in [-0.1, -0.05) is 11.6 Å². The molecule has 1 aromatic heterocycles. The normalized spacial score (nSPS) is 10.5. The van der Waals surface area contributed by atoms with Gasteiger partial charge < -0.3 is 0 Å². The van der Waals surface area contributed by atoms with Gasteiger partial charge in [0.2, 0.25) is 0 Å². The lowest BCUT2D eigenvalue weighted by Gasteiger charge is -2.01. The van der Waals surface area contributed by atoms with Crippen LogP contribution < -0.4 is 0 Å². The highest BCUT2D eigenvalue weighted by Crippen LogP contribution is 2.23. The first kappa shape index (κ1) is 9.98. The summed E-state index contributed by atoms with van der Waals surface area (Å²) in [5.74, 6) is -1.08. The van der Waals surface area contributed by atoms with Gasteiger partial charge in [0.15, 0.2) is 12.1 Å². The molecule has 0 aliphatic heterocycles. The molecule has 0 bridgehead atoms. The number of rotatable bonds is 2. The summed E-state index contributed by atoms with van der Waals surface area (Å²) in [5.41, 5.74) is -1.42. The van der Waals surface area contributed by atoms with Crippen LogP contribution in [0.15, 0.2) is 6.07 Å². The van der Waals surface area contributed by atoms with Crippen molar-refractivity contribution in [3.8, 4) is 0 Å². The van der Waals surface area contributed by atoms with Crippen molar-refractivity contribution in [2.24, 2.45) is 0 Å². The van der Waals surface area contributed by atoms with E-state index in [-0.39, 0.29) is 6.29 Å². The maximum Gasteiger partial charge on any atom is 0.280 e. The van der Waals surface area contributed by atoms with E-state index in [0.717, 1.165) is 0 Å². The standard InChI is InChI=1S/C7H3ClF3NO/c8-3-1-4(7(10)11)12-5(2-13)6(3)9/h1-2,7H. The molecule has 0 unspecified atom stereocenters. The second-order valence-electron chi connectivity index (χ2n) is 2.15. The Hall–Kier alpha value is -1.10. The number of alkyl halides is 2. The molecular weight excluding hydrogens is 207 g/mol. The van der Waals surface area contributed by atoms with E-state index in [4.69, 9.17) is 11.6 Å². The topological polar surface area (TPSA) is 30.0 Å². The predicted octanol–water partition coefficient (Wildman–Crippen LogP) is 2.62. The summed E-state index contributed by atoms with van der Waals surface area (Å²) in [6.07, 6.45) is -2.84. The van der Waals surface area contributed by atoms with Gasteiger partial charge in [0.1, 0.15) is 11.4 Å². The molecule has 6 heteroatoms. The number of aldehydes is 1. The Morgan fingerprint density at radius 3 is 2.62 bits per heavy atom. The lowest BCUT2D eigenvalue weighted by Crippen LogP contribution is -1.99. The molecule has 0 fully saturated rings. The van der Waals surface area contributed by atoms with Crippen LogP contribution >= 0.6 is 11.6 Å². The van der Waals surface area contributed by atoms with Gasteiger partial charge in [-0.05, 0) is 6.07 Å². The zero-order chi connectivity index (χ0) is 10.0. The average Bonchev–Trinajstić information content (AvgIpc) is 2.09. The van der Waals surface area contributed by atoms with Crippen LogP contribution in [-0.2, 0) is 0 Å². The highest BCUT2D eigenvalue weighted by Gasteiger charge is 2.15. The molecule has 0 saturated carbocycles. The molecule has 0 aliphatic carbocycles. The van der Waals surface area contributed by atoms with Crippen LogP contribution in [-0.4, -0.2) is 11.3 Å². The summed E-state index contributed by atoms with van der Waals surface area (Å²) in [4.78, 5) is 13.2. The number of carbonyl (C=O) groups is 1. The Labute approximate surface area is 76.3 Å². The fraction of sp³-hybridized carbons (Fsp3) is 0.143. The van der Waals surface area contributed by atoms with Crippen molar-refractivity contribution in [3.05, 3.63) is 28.3 Å². The fourth-order valence-corrected chi connectivity index (χ4v) is 0.934. The van der Waals surface area contributed by atoms with Gasteiger partial charge in [0, 0.05) is 0 Å². The van der Waals surface area contributed by atoms with Gasteiger partial charge in [0.05, 0.1) is 5.02 Å². The highest BCUT2D eigenvalue weighted by atomic mass is 35.5. The van der Waals surface area contributed by atoms with Gasteiger partial charge in [-0.2, -0.15) is 0 Å². The monoisotopic (exact) mass is 209 g/mol. The molecule has 0 radical (unpaired) electrons. The van der Waals surface area contributed by atoms with Crippen molar-refractivity contribution in [2.45, 2.75) is 6.43 Å². The summed E-state index contributed by atoms with van der Waals surface area (Å²) in [5, 5.41) is -0.535. The SMILES string of the molecule is O=Cc1nc(C(F)F)cc(Cl)c1F. The van der Waals surface area contributed by atoms with Gasteiger partial charge in [-0.3, -0.25) is 4.79 Å². The molecule has 0 atom stereocenters. The predicted molar refractivity (Wildman–Crippen MR) is 39.5 cm³/mol. The Morgan fingerprint density at radius 1 is 1.54 bits per heavy atom. The fourth-order valence-electron chi connectivity index (χ4n) is 0.726. The Kier molecular flexibility index (Phi) is 2.87. The minimum Gasteiger partial charge on any atom is -0.296 e. The maximum absolute atomic E-state index is 12.8. The largest absolute Gasteiger partial charge is 0.296 e. The van der Waals surface area contributed by atoms with Crippen molar-refractivity contribution in [1.82, 2.24) is 4.98 Å². The van der Waals surface area contributed by atoms with E-state index in [1.54, 1.807) is 0 Å². The molecule has 13 heavy (non-hydrogen) atoms. The van der Waals surface area contributed by atoms with E-state index in [9.17, 15) is 18.0 Å². The summed E-state index contributed by atoms with van der Waals surface area (Å²) in [7, 11) is 0. The van der Waals surface area contributed by atoms with Crippen molar-refractivity contribution >= 4 is 17.9 Å². The molecule has 0 amide bonds. The lowest BCUT2D eigenvalue weighted by atomic mass is 10.3. The zero-order valence-electron chi connectivity index (χ0n) is 6.10. The molecule has 1 rings (SSSR count). The maximum atomic E-state index is 12.8. The molecule has 0 spiro atoms. The third-order valence-corrected chi connectivity index (χ3v) is 1.57. The molecule has 1 aromatic rings. The first-order chi connectivity index (χ1) is 6.06.